The van der Waals surface area contributed by atoms with E-state index >= 15 is 0 Å². The lowest BCUT2D eigenvalue weighted by Gasteiger charge is -2.03. The lowest BCUT2D eigenvalue weighted by Crippen LogP contribution is -1.88. The normalized spacial score (nSPS) is 11.3. The number of allylic oxidation sites excluding steroid dienone is 1. The molecule has 0 fully saturated rings. The zero-order valence-electron chi connectivity index (χ0n) is 8.02. The van der Waals surface area contributed by atoms with Crippen LogP contribution in [0.25, 0.3) is 10.9 Å². The summed E-state index contributed by atoms with van der Waals surface area (Å²) in [6, 6.07) is 9.80. The number of hydrogen-bond donors (Lipinski definition) is 1. The zero-order chi connectivity index (χ0) is 10.7. The van der Waals surface area contributed by atoms with E-state index in [4.69, 9.17) is 16.7 Å². The predicted octanol–water partition coefficient (Wildman–Crippen LogP) is 3.50. The molecule has 3 heteroatoms. The highest BCUT2D eigenvalue weighted by Crippen LogP contribution is 2.20. The second-order valence-electron chi connectivity index (χ2n) is 3.22. The number of aliphatic hydroxyl groups is 1. The van der Waals surface area contributed by atoms with Crippen LogP contribution >= 0.6 is 11.6 Å². The summed E-state index contributed by atoms with van der Waals surface area (Å²) in [4.78, 5) is 4.28. The van der Waals surface area contributed by atoms with E-state index in [-0.39, 0.29) is 0 Å². The molecule has 0 bridgehead atoms. The number of aromatic nitrogens is 1. The van der Waals surface area contributed by atoms with Gasteiger partial charge in [0.2, 0.25) is 0 Å². The number of halogens is 1. The van der Waals surface area contributed by atoms with Gasteiger partial charge in [0.15, 0.2) is 0 Å². The first kappa shape index (κ1) is 9.99. The highest BCUT2D eigenvalue weighted by molar-refractivity contribution is 6.30. The van der Waals surface area contributed by atoms with Gasteiger partial charge in [0.1, 0.15) is 5.15 Å². The van der Waals surface area contributed by atoms with Gasteiger partial charge in [-0.2, -0.15) is 0 Å². The Balaban J connectivity index is 2.51. The number of pyridine rings is 1. The number of rotatable bonds is 2. The SMILES string of the molecule is O/C=C/Cc1cc2ccccc2nc1Cl. The molecule has 0 saturated heterocycles. The molecule has 0 saturated carbocycles. The molecule has 0 atom stereocenters. The van der Waals surface area contributed by atoms with E-state index in [1.54, 1.807) is 6.08 Å². The van der Waals surface area contributed by atoms with Crippen molar-refractivity contribution in [3.63, 3.8) is 0 Å². The van der Waals surface area contributed by atoms with Crippen molar-refractivity contribution in [2.75, 3.05) is 0 Å². The van der Waals surface area contributed by atoms with Gasteiger partial charge in [-0.3, -0.25) is 0 Å². The molecule has 1 aromatic heterocycles. The number of aliphatic hydroxyl groups excluding tert-OH is 1. The van der Waals surface area contributed by atoms with Crippen LogP contribution in [-0.4, -0.2) is 10.1 Å². The maximum Gasteiger partial charge on any atom is 0.133 e. The number of para-hydroxylation sites is 1. The van der Waals surface area contributed by atoms with Gasteiger partial charge in [0.05, 0.1) is 11.8 Å². The number of hydrogen-bond acceptors (Lipinski definition) is 2. The molecule has 0 unspecified atom stereocenters. The van der Waals surface area contributed by atoms with Crippen molar-refractivity contribution in [1.29, 1.82) is 0 Å². The molecule has 2 aromatic rings. The van der Waals surface area contributed by atoms with Crippen molar-refractivity contribution in [3.05, 3.63) is 53.4 Å². The fourth-order valence-electron chi connectivity index (χ4n) is 1.46. The summed E-state index contributed by atoms with van der Waals surface area (Å²) in [6.45, 7) is 0. The van der Waals surface area contributed by atoms with E-state index in [1.807, 2.05) is 30.3 Å². The van der Waals surface area contributed by atoms with Crippen LogP contribution in [0.4, 0.5) is 0 Å². The largest absolute Gasteiger partial charge is 0.516 e. The summed E-state index contributed by atoms with van der Waals surface area (Å²) < 4.78 is 0. The molecule has 0 radical (unpaired) electrons. The Bertz CT molecular complexity index is 508. The van der Waals surface area contributed by atoms with Crippen LogP contribution in [0, 0.1) is 0 Å². The van der Waals surface area contributed by atoms with E-state index < -0.39 is 0 Å². The first-order chi connectivity index (χ1) is 7.31. The van der Waals surface area contributed by atoms with E-state index in [0.29, 0.717) is 11.6 Å². The molecule has 76 valence electrons. The van der Waals surface area contributed by atoms with E-state index in [1.165, 1.54) is 0 Å². The average molecular weight is 220 g/mol. The maximum absolute atomic E-state index is 8.59. The minimum absolute atomic E-state index is 0.492. The molecule has 0 spiro atoms. The van der Waals surface area contributed by atoms with E-state index in [0.717, 1.165) is 22.7 Å². The van der Waals surface area contributed by atoms with Crippen molar-refractivity contribution in [3.8, 4) is 0 Å². The molecule has 0 aliphatic rings. The predicted molar refractivity (Wildman–Crippen MR) is 62.2 cm³/mol. The smallest absolute Gasteiger partial charge is 0.133 e. The number of nitrogens with zero attached hydrogens (tertiary/aromatic N) is 1. The second kappa shape index (κ2) is 4.32. The molecule has 2 nitrogen and oxygen atoms in total. The maximum atomic E-state index is 8.59. The summed E-state index contributed by atoms with van der Waals surface area (Å²) >= 11 is 6.01. The van der Waals surface area contributed by atoms with Crippen LogP contribution in [0.1, 0.15) is 5.56 Å². The number of benzene rings is 1. The van der Waals surface area contributed by atoms with Crippen molar-refractivity contribution in [2.24, 2.45) is 0 Å². The lowest BCUT2D eigenvalue weighted by atomic mass is 10.1. The van der Waals surface area contributed by atoms with E-state index in [2.05, 4.69) is 4.98 Å². The van der Waals surface area contributed by atoms with Crippen LogP contribution in [0.2, 0.25) is 5.15 Å². The van der Waals surface area contributed by atoms with Crippen LogP contribution < -0.4 is 0 Å². The van der Waals surface area contributed by atoms with Gasteiger partial charge in [-0.1, -0.05) is 29.8 Å². The van der Waals surface area contributed by atoms with E-state index in [9.17, 15) is 0 Å². The Morgan fingerprint density at radius 3 is 2.93 bits per heavy atom. The molecule has 0 amide bonds. The molecule has 0 aliphatic carbocycles. The molecule has 15 heavy (non-hydrogen) atoms. The van der Waals surface area contributed by atoms with Gasteiger partial charge in [0, 0.05) is 5.39 Å². The third-order valence-corrected chi connectivity index (χ3v) is 2.52. The van der Waals surface area contributed by atoms with Gasteiger partial charge in [-0.05, 0) is 30.2 Å². The third-order valence-electron chi connectivity index (χ3n) is 2.19. The Morgan fingerprint density at radius 1 is 1.33 bits per heavy atom. The van der Waals surface area contributed by atoms with Crippen LogP contribution in [-0.2, 0) is 6.42 Å². The molecule has 2 rings (SSSR count). The second-order valence-corrected chi connectivity index (χ2v) is 3.58. The van der Waals surface area contributed by atoms with Crippen LogP contribution in [0.15, 0.2) is 42.7 Å². The Hall–Kier alpha value is -1.54. The van der Waals surface area contributed by atoms with Crippen LogP contribution in [0.5, 0.6) is 0 Å². The fraction of sp³-hybridized carbons (Fsp3) is 0.0833. The first-order valence-corrected chi connectivity index (χ1v) is 5.02. The molecule has 1 aromatic carbocycles. The van der Waals surface area contributed by atoms with Crippen molar-refractivity contribution in [1.82, 2.24) is 4.98 Å². The molecular formula is C12H10ClNO. The lowest BCUT2D eigenvalue weighted by molar-refractivity contribution is 0.471. The highest BCUT2D eigenvalue weighted by atomic mass is 35.5. The van der Waals surface area contributed by atoms with Gasteiger partial charge in [0.25, 0.3) is 0 Å². The summed E-state index contributed by atoms with van der Waals surface area (Å²) in [5.41, 5.74) is 1.81. The summed E-state index contributed by atoms with van der Waals surface area (Å²) in [5.74, 6) is 0. The Labute approximate surface area is 92.8 Å². The minimum atomic E-state index is 0.492. The monoisotopic (exact) mass is 219 g/mol. The molecule has 1 N–H and O–H groups in total. The van der Waals surface area contributed by atoms with Gasteiger partial charge in [-0.25, -0.2) is 4.98 Å². The summed E-state index contributed by atoms with van der Waals surface area (Å²) in [5, 5.41) is 10.1. The van der Waals surface area contributed by atoms with Crippen molar-refractivity contribution >= 4 is 22.5 Å². The Kier molecular flexibility index (Phi) is 2.88. The quantitative estimate of drug-likeness (QED) is 0.620. The summed E-state index contributed by atoms with van der Waals surface area (Å²) in [6.07, 6.45) is 3.25. The number of fused-ring (bicyclic) bond motifs is 1. The molecule has 1 heterocycles. The van der Waals surface area contributed by atoms with Gasteiger partial charge >= 0.3 is 0 Å². The Morgan fingerprint density at radius 2 is 2.13 bits per heavy atom. The van der Waals surface area contributed by atoms with Gasteiger partial charge in [-0.15, -0.1) is 0 Å². The summed E-state index contributed by atoms with van der Waals surface area (Å²) in [7, 11) is 0. The average Bonchev–Trinajstić information content (AvgIpc) is 2.26. The van der Waals surface area contributed by atoms with Crippen molar-refractivity contribution in [2.45, 2.75) is 6.42 Å². The van der Waals surface area contributed by atoms with Gasteiger partial charge < -0.3 is 5.11 Å². The fourth-order valence-corrected chi connectivity index (χ4v) is 1.68. The highest BCUT2D eigenvalue weighted by Gasteiger charge is 2.02. The standard InChI is InChI=1S/C12H10ClNO/c13-12-10(5-3-7-15)8-9-4-1-2-6-11(9)14-12/h1-4,6-8,15H,5H2/b7-3+. The van der Waals surface area contributed by atoms with Crippen LogP contribution in [0.3, 0.4) is 0 Å². The minimum Gasteiger partial charge on any atom is -0.516 e. The third kappa shape index (κ3) is 2.10. The van der Waals surface area contributed by atoms with Crippen molar-refractivity contribution < 1.29 is 5.11 Å². The topological polar surface area (TPSA) is 33.1 Å². The first-order valence-electron chi connectivity index (χ1n) is 4.64. The molecular weight excluding hydrogens is 210 g/mol. The zero-order valence-corrected chi connectivity index (χ0v) is 8.78. The molecule has 0 aliphatic heterocycles.